The lowest BCUT2D eigenvalue weighted by molar-refractivity contribution is -0.153. The van der Waals surface area contributed by atoms with E-state index >= 15 is 4.39 Å². The molecule has 1 aromatic carbocycles. The summed E-state index contributed by atoms with van der Waals surface area (Å²) in [6.45, 7) is 9.82. The summed E-state index contributed by atoms with van der Waals surface area (Å²) in [5, 5.41) is 7.88. The maximum atomic E-state index is 15.3. The quantitative estimate of drug-likeness (QED) is 0.113. The number of pyridine rings is 1. The lowest BCUT2D eigenvalue weighted by Crippen LogP contribution is -2.49. The first-order chi connectivity index (χ1) is 23.7. The molecule has 50 heavy (non-hydrogen) atoms. The van der Waals surface area contributed by atoms with E-state index in [1.165, 1.54) is 17.2 Å². The van der Waals surface area contributed by atoms with Crippen LogP contribution in [-0.2, 0) is 48.0 Å². The highest BCUT2D eigenvalue weighted by Gasteiger charge is 2.51. The number of esters is 1. The summed E-state index contributed by atoms with van der Waals surface area (Å²) in [6, 6.07) is 2.50. The number of rotatable bonds is 18. The van der Waals surface area contributed by atoms with Gasteiger partial charge in [0.2, 0.25) is 5.43 Å². The number of hydrogen-bond donors (Lipinski definition) is 1. The van der Waals surface area contributed by atoms with Gasteiger partial charge in [-0.3, -0.25) is 18.7 Å². The first-order valence-electron chi connectivity index (χ1n) is 16.0. The van der Waals surface area contributed by atoms with E-state index in [1.54, 1.807) is 44.1 Å². The van der Waals surface area contributed by atoms with Crippen LogP contribution in [0.25, 0.3) is 10.9 Å². The molecule has 1 aromatic heterocycles. The molecule has 1 saturated heterocycles. The van der Waals surface area contributed by atoms with Crippen LogP contribution in [0.2, 0.25) is 0 Å². The Balaban J connectivity index is 1.79. The van der Waals surface area contributed by atoms with Gasteiger partial charge in [-0.2, -0.15) is 0 Å². The van der Waals surface area contributed by atoms with Crippen molar-refractivity contribution in [2.24, 2.45) is 0 Å². The Morgan fingerprint density at radius 1 is 0.900 bits per heavy atom. The minimum atomic E-state index is -4.14. The molecule has 0 bridgehead atoms. The van der Waals surface area contributed by atoms with Gasteiger partial charge in [0.15, 0.2) is 5.40 Å². The van der Waals surface area contributed by atoms with E-state index < -0.39 is 61.1 Å². The summed E-state index contributed by atoms with van der Waals surface area (Å²) in [5.41, 5.74) is -2.30. The number of piperazine rings is 1. The third-order valence-electron chi connectivity index (χ3n) is 7.41. The number of aromatic carboxylic acids is 1. The Bertz CT molecular complexity index is 1640. The molecule has 3 rings (SSSR count). The van der Waals surface area contributed by atoms with Crippen LogP contribution in [0.5, 0.6) is 0 Å². The molecule has 0 radical (unpaired) electrons. The Morgan fingerprint density at radius 3 is 1.90 bits per heavy atom. The second-order valence-corrected chi connectivity index (χ2v) is 16.5. The second-order valence-electron chi connectivity index (χ2n) is 10.6. The largest absolute Gasteiger partial charge is 0.477 e. The van der Waals surface area contributed by atoms with Crippen molar-refractivity contribution in [3.63, 3.8) is 0 Å². The van der Waals surface area contributed by atoms with Gasteiger partial charge < -0.3 is 47.0 Å². The van der Waals surface area contributed by atoms with Gasteiger partial charge >= 0.3 is 33.2 Å². The van der Waals surface area contributed by atoms with Crippen molar-refractivity contribution in [1.82, 2.24) is 9.47 Å². The molecule has 280 valence electrons. The molecule has 2 heterocycles. The van der Waals surface area contributed by atoms with Gasteiger partial charge in [0.25, 0.3) is 5.62 Å². The lowest BCUT2D eigenvalue weighted by Gasteiger charge is -2.36. The van der Waals surface area contributed by atoms with Crippen LogP contribution in [0.15, 0.2) is 23.1 Å². The highest BCUT2D eigenvalue weighted by molar-refractivity contribution is 8.00. The van der Waals surface area contributed by atoms with Crippen LogP contribution in [0.4, 0.5) is 14.9 Å². The molecule has 16 nitrogen and oxygen atoms in total. The van der Waals surface area contributed by atoms with Gasteiger partial charge in [0.1, 0.15) is 11.4 Å². The minimum absolute atomic E-state index is 0.0436. The fourth-order valence-electron chi connectivity index (χ4n) is 5.23. The fraction of sp³-hybridized carbons (Fsp3) is 0.600. The standard InChI is InChI=1S/C30H44FN3O13P2S/c1-7-32-18-22(28(37)38)27(36)21-16-23(31)25(17-24(21)32)33-12-14-34(15-13-33)29(39)47-30(46-20(6)35)50-19-26(48(40,42-8-2)43-9-3)49(41,44-10-4)45-11-5/h16-18,26,30H,7-15,19H2,1-6H3,(H,37,38). The molecule has 1 aliphatic rings. The fourth-order valence-corrected chi connectivity index (χ4v) is 12.4. The molecular weight excluding hydrogens is 723 g/mol. The molecule has 1 amide bonds. The molecule has 1 aliphatic heterocycles. The number of thioether (sulfide) groups is 1. The van der Waals surface area contributed by atoms with Crippen LogP contribution in [0.1, 0.15) is 51.9 Å². The Hall–Kier alpha value is -2.98. The summed E-state index contributed by atoms with van der Waals surface area (Å²) in [4.78, 5) is 52.5. The number of hydrogen-bond acceptors (Lipinski definition) is 14. The topological polar surface area (TPSA) is 189 Å². The number of anilines is 1. The molecule has 0 aliphatic carbocycles. The number of benzene rings is 1. The number of aromatic nitrogens is 1. The van der Waals surface area contributed by atoms with Crippen molar-refractivity contribution in [3.05, 3.63) is 39.9 Å². The third-order valence-corrected chi connectivity index (χ3v) is 14.9. The summed E-state index contributed by atoms with van der Waals surface area (Å²) >= 11 is 0.713. The highest BCUT2D eigenvalue weighted by atomic mass is 32.2. The summed E-state index contributed by atoms with van der Waals surface area (Å²) < 4.78 is 77.2. The Kier molecular flexibility index (Phi) is 15.3. The number of carbonyl (C=O) groups excluding carboxylic acids is 2. The second kappa shape index (κ2) is 18.5. The number of carboxylic acids is 1. The van der Waals surface area contributed by atoms with Crippen LogP contribution in [0, 0.1) is 5.82 Å². The highest BCUT2D eigenvalue weighted by Crippen LogP contribution is 2.71. The van der Waals surface area contributed by atoms with Crippen LogP contribution < -0.4 is 10.3 Å². The zero-order valence-corrected chi connectivity index (χ0v) is 31.4. The van der Waals surface area contributed by atoms with Gasteiger partial charge in [0.05, 0.1) is 37.6 Å². The van der Waals surface area contributed by atoms with Crippen LogP contribution in [0.3, 0.4) is 0 Å². The van der Waals surface area contributed by atoms with E-state index in [0.717, 1.165) is 13.0 Å². The number of carbonyl (C=O) groups is 3. The molecular formula is C30H44FN3O13P2S. The van der Waals surface area contributed by atoms with Crippen molar-refractivity contribution < 1.29 is 60.6 Å². The van der Waals surface area contributed by atoms with Crippen molar-refractivity contribution in [3.8, 4) is 0 Å². The van der Waals surface area contributed by atoms with E-state index in [2.05, 4.69) is 0 Å². The predicted octanol–water partition coefficient (Wildman–Crippen LogP) is 5.56. The monoisotopic (exact) mass is 767 g/mol. The van der Waals surface area contributed by atoms with Crippen molar-refractivity contribution in [2.45, 2.75) is 59.1 Å². The number of nitrogens with zero attached hydrogens (tertiary/aromatic N) is 3. The maximum absolute atomic E-state index is 15.3. The summed E-state index contributed by atoms with van der Waals surface area (Å²) in [5.74, 6) is -3.27. The molecule has 1 atom stereocenters. The van der Waals surface area contributed by atoms with Gasteiger partial charge in [-0.05, 0) is 46.8 Å². The zero-order valence-electron chi connectivity index (χ0n) is 28.8. The van der Waals surface area contributed by atoms with E-state index in [9.17, 15) is 33.4 Å². The summed E-state index contributed by atoms with van der Waals surface area (Å²) in [6.07, 6.45) is 0.358. The molecule has 0 spiro atoms. The zero-order chi connectivity index (χ0) is 37.2. The third kappa shape index (κ3) is 9.87. The van der Waals surface area contributed by atoms with Gasteiger partial charge in [-0.15, -0.1) is 0 Å². The van der Waals surface area contributed by atoms with Crippen LogP contribution in [-0.4, -0.2) is 102 Å². The maximum Gasteiger partial charge on any atom is 0.413 e. The number of carboxylic acid groups (broad SMARTS) is 1. The van der Waals surface area contributed by atoms with Gasteiger partial charge in [0, 0.05) is 57.0 Å². The van der Waals surface area contributed by atoms with Crippen LogP contribution >= 0.6 is 27.0 Å². The predicted molar refractivity (Wildman–Crippen MR) is 185 cm³/mol. The first kappa shape index (κ1) is 41.4. The number of halogens is 1. The van der Waals surface area contributed by atoms with E-state index in [0.29, 0.717) is 23.8 Å². The van der Waals surface area contributed by atoms with Gasteiger partial charge in [-0.25, -0.2) is 14.0 Å². The Labute approximate surface area is 293 Å². The van der Waals surface area contributed by atoms with Crippen molar-refractivity contribution in [2.75, 3.05) is 63.3 Å². The molecule has 0 saturated carbocycles. The smallest absolute Gasteiger partial charge is 0.413 e. The molecule has 2 aromatic rings. The van der Waals surface area contributed by atoms with E-state index in [4.69, 9.17) is 27.6 Å². The molecule has 20 heteroatoms. The first-order valence-corrected chi connectivity index (χ1v) is 20.3. The van der Waals surface area contributed by atoms with Gasteiger partial charge in [-0.1, -0.05) is 11.8 Å². The lowest BCUT2D eigenvalue weighted by atomic mass is 10.1. The number of ether oxygens (including phenoxy) is 2. The Morgan fingerprint density at radius 2 is 1.44 bits per heavy atom. The van der Waals surface area contributed by atoms with E-state index in [-0.39, 0.29) is 69.4 Å². The van der Waals surface area contributed by atoms with Crippen molar-refractivity contribution in [1.29, 1.82) is 0 Å². The summed E-state index contributed by atoms with van der Waals surface area (Å²) in [7, 11) is -8.28. The van der Waals surface area contributed by atoms with E-state index in [1.807, 2.05) is 0 Å². The molecule has 1 unspecified atom stereocenters. The number of fused-ring (bicyclic) bond motifs is 1. The SMILES string of the molecule is CCOP(=O)(OCC)C(CSC(OC(C)=O)OC(=O)N1CCN(c2cc3c(cc2F)c(=O)c(C(=O)O)cn3CC)CC1)P(=O)(OCC)OCC. The number of amides is 1. The average Bonchev–Trinajstić information content (AvgIpc) is 3.05. The number of aryl methyl sites for hydroxylation is 1. The molecule has 1 fully saturated rings. The van der Waals surface area contributed by atoms with Crippen molar-refractivity contribution >= 4 is 61.6 Å². The molecule has 1 N–H and O–H groups in total. The minimum Gasteiger partial charge on any atom is -0.477 e. The average molecular weight is 768 g/mol. The normalized spacial score (nSPS) is 14.6.